The van der Waals surface area contributed by atoms with Crippen LogP contribution in [-0.4, -0.2) is 11.1 Å². The van der Waals surface area contributed by atoms with Crippen LogP contribution in [0.3, 0.4) is 0 Å². The zero-order chi connectivity index (χ0) is 12.3. The Morgan fingerprint density at radius 2 is 1.76 bits per heavy atom. The van der Waals surface area contributed by atoms with Gasteiger partial charge in [0.15, 0.2) is 0 Å². The molecule has 0 aliphatic carbocycles. The van der Waals surface area contributed by atoms with E-state index in [1.54, 1.807) is 0 Å². The summed E-state index contributed by atoms with van der Waals surface area (Å²) in [6.07, 6.45) is 2.87. The third-order valence-electron chi connectivity index (χ3n) is 2.71. The molecule has 2 N–H and O–H groups in total. The third kappa shape index (κ3) is 2.83. The van der Waals surface area contributed by atoms with Gasteiger partial charge in [0.2, 0.25) is 0 Å². The predicted octanol–water partition coefficient (Wildman–Crippen LogP) is 3.34. The second kappa shape index (κ2) is 5.58. The molecule has 0 aliphatic heterocycles. The Kier molecular flexibility index (Phi) is 4.11. The van der Waals surface area contributed by atoms with E-state index in [4.69, 9.17) is 28.9 Å². The summed E-state index contributed by atoms with van der Waals surface area (Å²) in [6, 6.07) is 9.64. The summed E-state index contributed by atoms with van der Waals surface area (Å²) in [5.74, 6) is 0. The minimum atomic E-state index is 0.639. The monoisotopic (exact) mass is 268 g/mol. The molecule has 0 fully saturated rings. The number of benzene rings is 1. The van der Waals surface area contributed by atoms with Crippen LogP contribution in [0.1, 0.15) is 11.3 Å². The fourth-order valence-electron chi connectivity index (χ4n) is 1.83. The lowest BCUT2D eigenvalue weighted by atomic mass is 10.2. The highest BCUT2D eigenvalue weighted by atomic mass is 35.5. The molecule has 0 radical (unpaired) electrons. The van der Waals surface area contributed by atoms with E-state index in [0.29, 0.717) is 23.1 Å². The van der Waals surface area contributed by atoms with Crippen molar-refractivity contribution in [3.05, 3.63) is 57.8 Å². The maximum Gasteiger partial charge on any atom is 0.0502 e. The van der Waals surface area contributed by atoms with Crippen molar-refractivity contribution in [1.29, 1.82) is 0 Å². The molecule has 2 nitrogen and oxygen atoms in total. The van der Waals surface area contributed by atoms with E-state index in [9.17, 15) is 0 Å². The first-order valence-electron chi connectivity index (χ1n) is 5.49. The lowest BCUT2D eigenvalue weighted by Crippen LogP contribution is -2.09. The Bertz CT molecular complexity index is 486. The molecule has 17 heavy (non-hydrogen) atoms. The molecular weight excluding hydrogens is 255 g/mol. The van der Waals surface area contributed by atoms with Crippen LogP contribution in [0, 0.1) is 0 Å². The summed E-state index contributed by atoms with van der Waals surface area (Å²) < 4.78 is 2.12. The van der Waals surface area contributed by atoms with Crippen molar-refractivity contribution in [1.82, 2.24) is 4.57 Å². The standard InChI is InChI=1S/C13H14Cl2N2/c14-12-4-1-5-13(15)11(12)9-17-8-2-3-10(17)6-7-16/h1-5,8H,6-7,9,16H2. The fraction of sp³-hybridized carbons (Fsp3) is 0.231. The summed E-state index contributed by atoms with van der Waals surface area (Å²) in [7, 11) is 0. The topological polar surface area (TPSA) is 30.9 Å². The molecule has 4 heteroatoms. The summed E-state index contributed by atoms with van der Waals surface area (Å²) in [4.78, 5) is 0. The van der Waals surface area contributed by atoms with Crippen LogP contribution in [0.5, 0.6) is 0 Å². The highest BCUT2D eigenvalue weighted by Crippen LogP contribution is 2.25. The molecule has 1 heterocycles. The number of rotatable bonds is 4. The Morgan fingerprint density at radius 3 is 2.41 bits per heavy atom. The van der Waals surface area contributed by atoms with Gasteiger partial charge in [-0.25, -0.2) is 0 Å². The van der Waals surface area contributed by atoms with Gasteiger partial charge in [-0.3, -0.25) is 0 Å². The molecule has 1 aromatic carbocycles. The zero-order valence-electron chi connectivity index (χ0n) is 9.37. The van der Waals surface area contributed by atoms with Crippen molar-refractivity contribution >= 4 is 23.2 Å². The average molecular weight is 269 g/mol. The fourth-order valence-corrected chi connectivity index (χ4v) is 2.35. The van der Waals surface area contributed by atoms with Gasteiger partial charge in [0, 0.05) is 27.5 Å². The number of nitrogens with zero attached hydrogens (tertiary/aromatic N) is 1. The van der Waals surface area contributed by atoms with Gasteiger partial charge in [0.1, 0.15) is 0 Å². The second-order valence-electron chi connectivity index (χ2n) is 3.87. The first kappa shape index (κ1) is 12.5. The van der Waals surface area contributed by atoms with Crippen molar-refractivity contribution < 1.29 is 0 Å². The Labute approximate surface area is 111 Å². The molecule has 0 atom stereocenters. The molecule has 0 unspecified atom stereocenters. The van der Waals surface area contributed by atoms with Gasteiger partial charge < -0.3 is 10.3 Å². The smallest absolute Gasteiger partial charge is 0.0502 e. The highest BCUT2D eigenvalue weighted by Gasteiger charge is 2.07. The van der Waals surface area contributed by atoms with Gasteiger partial charge >= 0.3 is 0 Å². The number of aromatic nitrogens is 1. The molecule has 0 aliphatic rings. The van der Waals surface area contributed by atoms with Gasteiger partial charge in [-0.2, -0.15) is 0 Å². The second-order valence-corrected chi connectivity index (χ2v) is 4.68. The molecule has 0 spiro atoms. The van der Waals surface area contributed by atoms with Gasteiger partial charge in [-0.15, -0.1) is 0 Å². The van der Waals surface area contributed by atoms with Crippen molar-refractivity contribution in [3.63, 3.8) is 0 Å². The zero-order valence-corrected chi connectivity index (χ0v) is 10.9. The van der Waals surface area contributed by atoms with E-state index in [0.717, 1.165) is 12.0 Å². The largest absolute Gasteiger partial charge is 0.347 e. The molecule has 90 valence electrons. The predicted molar refractivity (Wildman–Crippen MR) is 72.8 cm³/mol. The summed E-state index contributed by atoms with van der Waals surface area (Å²) in [5.41, 5.74) is 7.72. The van der Waals surface area contributed by atoms with Crippen LogP contribution in [-0.2, 0) is 13.0 Å². The van der Waals surface area contributed by atoms with Crippen LogP contribution in [0.25, 0.3) is 0 Å². The number of nitrogens with two attached hydrogens (primary N) is 1. The SMILES string of the molecule is NCCc1cccn1Cc1c(Cl)cccc1Cl. The minimum absolute atomic E-state index is 0.639. The Hall–Kier alpha value is -0.960. The Morgan fingerprint density at radius 1 is 1.06 bits per heavy atom. The highest BCUT2D eigenvalue weighted by molar-refractivity contribution is 6.35. The van der Waals surface area contributed by atoms with Crippen LogP contribution in [0.4, 0.5) is 0 Å². The van der Waals surface area contributed by atoms with Gasteiger partial charge in [0.25, 0.3) is 0 Å². The van der Waals surface area contributed by atoms with Crippen molar-refractivity contribution in [3.8, 4) is 0 Å². The van der Waals surface area contributed by atoms with Crippen LogP contribution >= 0.6 is 23.2 Å². The molecular formula is C13H14Cl2N2. The number of halogens is 2. The van der Waals surface area contributed by atoms with E-state index >= 15 is 0 Å². The van der Waals surface area contributed by atoms with Crippen molar-refractivity contribution in [2.24, 2.45) is 5.73 Å². The van der Waals surface area contributed by atoms with Gasteiger partial charge in [0.05, 0.1) is 6.54 Å². The van der Waals surface area contributed by atoms with E-state index in [1.807, 2.05) is 30.5 Å². The summed E-state index contributed by atoms with van der Waals surface area (Å²) in [6.45, 7) is 1.32. The van der Waals surface area contributed by atoms with E-state index in [1.165, 1.54) is 5.69 Å². The van der Waals surface area contributed by atoms with Crippen LogP contribution < -0.4 is 5.73 Å². The molecule has 2 rings (SSSR count). The number of hydrogen-bond donors (Lipinski definition) is 1. The van der Waals surface area contributed by atoms with E-state index in [2.05, 4.69) is 10.6 Å². The molecule has 0 saturated heterocycles. The van der Waals surface area contributed by atoms with Crippen molar-refractivity contribution in [2.75, 3.05) is 6.54 Å². The average Bonchev–Trinajstić information content (AvgIpc) is 2.72. The van der Waals surface area contributed by atoms with Gasteiger partial charge in [-0.05, 0) is 37.2 Å². The maximum absolute atomic E-state index is 6.15. The number of hydrogen-bond acceptors (Lipinski definition) is 1. The Balaban J connectivity index is 2.28. The van der Waals surface area contributed by atoms with Crippen LogP contribution in [0.15, 0.2) is 36.5 Å². The lowest BCUT2D eigenvalue weighted by Gasteiger charge is -2.11. The summed E-state index contributed by atoms with van der Waals surface area (Å²) in [5, 5.41) is 1.40. The van der Waals surface area contributed by atoms with Crippen LogP contribution in [0.2, 0.25) is 10.0 Å². The lowest BCUT2D eigenvalue weighted by molar-refractivity contribution is 0.737. The van der Waals surface area contributed by atoms with Gasteiger partial charge in [-0.1, -0.05) is 29.3 Å². The molecule has 0 amide bonds. The molecule has 2 aromatic rings. The minimum Gasteiger partial charge on any atom is -0.347 e. The first-order chi connectivity index (χ1) is 8.22. The van der Waals surface area contributed by atoms with E-state index in [-0.39, 0.29) is 0 Å². The molecule has 1 aromatic heterocycles. The summed E-state index contributed by atoms with van der Waals surface area (Å²) >= 11 is 12.3. The third-order valence-corrected chi connectivity index (χ3v) is 3.42. The first-order valence-corrected chi connectivity index (χ1v) is 6.25. The quantitative estimate of drug-likeness (QED) is 0.906. The van der Waals surface area contributed by atoms with E-state index < -0.39 is 0 Å². The molecule has 0 saturated carbocycles. The maximum atomic E-state index is 6.15. The van der Waals surface area contributed by atoms with Crippen molar-refractivity contribution in [2.45, 2.75) is 13.0 Å². The molecule has 0 bridgehead atoms. The normalized spacial score (nSPS) is 10.8.